The minimum atomic E-state index is 0.945. The molecule has 0 heterocycles. The second-order valence-electron chi connectivity index (χ2n) is 6.17. The summed E-state index contributed by atoms with van der Waals surface area (Å²) < 4.78 is 0. The first-order valence-corrected chi connectivity index (χ1v) is 10.1. The lowest BCUT2D eigenvalue weighted by Crippen LogP contribution is -2.33. The van der Waals surface area contributed by atoms with Crippen molar-refractivity contribution in [2.45, 2.75) is 53.4 Å². The van der Waals surface area contributed by atoms with Crippen molar-refractivity contribution in [3.63, 3.8) is 0 Å². The summed E-state index contributed by atoms with van der Waals surface area (Å²) in [7, 11) is 0. The molecule has 0 N–H and O–H groups in total. The summed E-state index contributed by atoms with van der Waals surface area (Å²) >= 11 is 11.5. The second kappa shape index (κ2) is 11.5. The Morgan fingerprint density at radius 1 is 0.708 bits per heavy atom. The molecule has 1 rings (SSSR count). The third-order valence-corrected chi connectivity index (χ3v) is 4.89. The minimum Gasteiger partial charge on any atom is -0.362 e. The first kappa shape index (κ1) is 21.0. The number of benzene rings is 1. The molecule has 134 valence electrons. The number of thiocarbonyl (C=S) groups is 2. The molecule has 1 aromatic rings. The van der Waals surface area contributed by atoms with E-state index >= 15 is 0 Å². The first-order valence-electron chi connectivity index (χ1n) is 9.27. The second-order valence-corrected chi connectivity index (χ2v) is 6.94. The van der Waals surface area contributed by atoms with Crippen molar-refractivity contribution >= 4 is 34.4 Å². The summed E-state index contributed by atoms with van der Waals surface area (Å²) in [5.41, 5.74) is 2.22. The van der Waals surface area contributed by atoms with Crippen LogP contribution < -0.4 is 0 Å². The smallest absolute Gasteiger partial charge is 0.109 e. The predicted molar refractivity (Wildman–Crippen MR) is 114 cm³/mol. The third kappa shape index (κ3) is 6.14. The van der Waals surface area contributed by atoms with Gasteiger partial charge in [-0.2, -0.15) is 0 Å². The van der Waals surface area contributed by atoms with E-state index in [9.17, 15) is 0 Å². The van der Waals surface area contributed by atoms with E-state index in [-0.39, 0.29) is 0 Å². The van der Waals surface area contributed by atoms with Crippen molar-refractivity contribution < 1.29 is 0 Å². The molecule has 0 aliphatic carbocycles. The van der Waals surface area contributed by atoms with Gasteiger partial charge in [-0.25, -0.2) is 0 Å². The topological polar surface area (TPSA) is 6.48 Å². The van der Waals surface area contributed by atoms with Crippen molar-refractivity contribution in [3.05, 3.63) is 35.4 Å². The lowest BCUT2D eigenvalue weighted by atomic mass is 10.1. The van der Waals surface area contributed by atoms with Crippen LogP contribution in [-0.4, -0.2) is 46.0 Å². The maximum atomic E-state index is 5.76. The molecule has 2 nitrogen and oxygen atoms in total. The number of nitrogens with zero attached hydrogens (tertiary/aromatic N) is 2. The van der Waals surface area contributed by atoms with Gasteiger partial charge in [0.2, 0.25) is 0 Å². The highest BCUT2D eigenvalue weighted by atomic mass is 32.1. The molecular formula is C20H32N2S2. The summed E-state index contributed by atoms with van der Waals surface area (Å²) in [6, 6.07) is 8.46. The van der Waals surface area contributed by atoms with Gasteiger partial charge in [0.1, 0.15) is 9.98 Å². The summed E-state index contributed by atoms with van der Waals surface area (Å²) in [5, 5.41) is 0. The van der Waals surface area contributed by atoms with Crippen molar-refractivity contribution in [3.8, 4) is 0 Å². The van der Waals surface area contributed by atoms with Gasteiger partial charge in [0.25, 0.3) is 0 Å². The fourth-order valence-electron chi connectivity index (χ4n) is 2.86. The normalized spacial score (nSPS) is 10.5. The van der Waals surface area contributed by atoms with Crippen LogP contribution in [0.2, 0.25) is 0 Å². The van der Waals surface area contributed by atoms with E-state index in [1.54, 1.807) is 0 Å². The molecule has 0 aliphatic rings. The predicted octanol–water partition coefficient (Wildman–Crippen LogP) is 5.28. The number of hydrogen-bond donors (Lipinski definition) is 0. The quantitative estimate of drug-likeness (QED) is 0.521. The van der Waals surface area contributed by atoms with E-state index in [0.717, 1.165) is 73.0 Å². The van der Waals surface area contributed by atoms with E-state index in [0.29, 0.717) is 0 Å². The van der Waals surface area contributed by atoms with Crippen molar-refractivity contribution in [2.75, 3.05) is 26.2 Å². The largest absolute Gasteiger partial charge is 0.362 e. The van der Waals surface area contributed by atoms with Gasteiger partial charge in [-0.1, -0.05) is 70.3 Å². The maximum Gasteiger partial charge on any atom is 0.109 e. The van der Waals surface area contributed by atoms with Crippen LogP contribution >= 0.6 is 24.4 Å². The summed E-state index contributed by atoms with van der Waals surface area (Å²) in [6.07, 6.45) is 4.44. The summed E-state index contributed by atoms with van der Waals surface area (Å²) in [5.74, 6) is 0. The van der Waals surface area contributed by atoms with Crippen molar-refractivity contribution in [2.24, 2.45) is 0 Å². The first-order chi connectivity index (χ1) is 11.6. The van der Waals surface area contributed by atoms with Crippen LogP contribution in [0.15, 0.2) is 24.3 Å². The highest BCUT2D eigenvalue weighted by molar-refractivity contribution is 7.81. The average Bonchev–Trinajstić information content (AvgIpc) is 2.60. The van der Waals surface area contributed by atoms with Crippen molar-refractivity contribution in [1.82, 2.24) is 9.80 Å². The van der Waals surface area contributed by atoms with Gasteiger partial charge < -0.3 is 9.80 Å². The molecule has 0 amide bonds. The van der Waals surface area contributed by atoms with Crippen LogP contribution in [0.3, 0.4) is 0 Å². The van der Waals surface area contributed by atoms with Gasteiger partial charge >= 0.3 is 0 Å². The lowest BCUT2D eigenvalue weighted by Gasteiger charge is -2.26. The Morgan fingerprint density at radius 2 is 1.04 bits per heavy atom. The van der Waals surface area contributed by atoms with Gasteiger partial charge in [0, 0.05) is 37.3 Å². The molecular weight excluding hydrogens is 332 g/mol. The Hall–Kier alpha value is -1.00. The van der Waals surface area contributed by atoms with Crippen LogP contribution in [0.25, 0.3) is 0 Å². The molecule has 0 spiro atoms. The third-order valence-electron chi connectivity index (χ3n) is 3.90. The van der Waals surface area contributed by atoms with E-state index in [1.807, 2.05) is 0 Å². The molecule has 1 aromatic carbocycles. The SMILES string of the molecule is CCCN(CCC)C(=S)c1cccc(C(=S)N(CCC)CCC)c1. The molecule has 0 fully saturated rings. The Bertz CT molecular complexity index is 473. The fourth-order valence-corrected chi connectivity index (χ4v) is 3.48. The molecule has 0 radical (unpaired) electrons. The van der Waals surface area contributed by atoms with Crippen LogP contribution in [0, 0.1) is 0 Å². The van der Waals surface area contributed by atoms with Gasteiger partial charge in [0.15, 0.2) is 0 Å². The highest BCUT2D eigenvalue weighted by Crippen LogP contribution is 2.14. The molecule has 0 saturated carbocycles. The Kier molecular flexibility index (Phi) is 10.1. The summed E-state index contributed by atoms with van der Waals surface area (Å²) in [6.45, 7) is 12.8. The zero-order chi connectivity index (χ0) is 17.9. The Balaban J connectivity index is 2.99. The molecule has 0 aliphatic heterocycles. The van der Waals surface area contributed by atoms with Crippen LogP contribution in [0.5, 0.6) is 0 Å². The molecule has 0 saturated heterocycles. The van der Waals surface area contributed by atoms with E-state index in [4.69, 9.17) is 24.4 Å². The fraction of sp³-hybridized carbons (Fsp3) is 0.600. The standard InChI is InChI=1S/C20H32N2S2/c1-5-12-21(13-6-2)19(23)17-10-9-11-18(16-17)20(24)22(14-7-3)15-8-4/h9-11,16H,5-8,12-15H2,1-4H3. The van der Waals surface area contributed by atoms with E-state index in [2.05, 4.69) is 61.8 Å². The molecule has 0 aromatic heterocycles. The highest BCUT2D eigenvalue weighted by Gasteiger charge is 2.14. The average molecular weight is 365 g/mol. The lowest BCUT2D eigenvalue weighted by molar-refractivity contribution is 0.423. The van der Waals surface area contributed by atoms with Gasteiger partial charge in [-0.3, -0.25) is 0 Å². The van der Waals surface area contributed by atoms with Gasteiger partial charge in [-0.05, 0) is 31.7 Å². The molecule has 0 atom stereocenters. The zero-order valence-electron chi connectivity index (χ0n) is 15.7. The van der Waals surface area contributed by atoms with Gasteiger partial charge in [-0.15, -0.1) is 0 Å². The number of hydrogen-bond acceptors (Lipinski definition) is 2. The summed E-state index contributed by atoms with van der Waals surface area (Å²) in [4.78, 5) is 6.52. The Morgan fingerprint density at radius 3 is 1.33 bits per heavy atom. The minimum absolute atomic E-state index is 0.945. The zero-order valence-corrected chi connectivity index (χ0v) is 17.3. The van der Waals surface area contributed by atoms with Crippen LogP contribution in [0.1, 0.15) is 64.5 Å². The molecule has 4 heteroatoms. The molecule has 24 heavy (non-hydrogen) atoms. The maximum absolute atomic E-state index is 5.76. The molecule has 0 bridgehead atoms. The van der Waals surface area contributed by atoms with Crippen molar-refractivity contribution in [1.29, 1.82) is 0 Å². The van der Waals surface area contributed by atoms with E-state index in [1.165, 1.54) is 0 Å². The Labute approximate surface area is 159 Å². The van der Waals surface area contributed by atoms with Crippen LogP contribution in [0.4, 0.5) is 0 Å². The number of rotatable bonds is 10. The van der Waals surface area contributed by atoms with E-state index < -0.39 is 0 Å². The van der Waals surface area contributed by atoms with Gasteiger partial charge in [0.05, 0.1) is 0 Å². The molecule has 0 unspecified atom stereocenters. The van der Waals surface area contributed by atoms with Crippen LogP contribution in [-0.2, 0) is 0 Å². The monoisotopic (exact) mass is 364 g/mol.